The highest BCUT2D eigenvalue weighted by Gasteiger charge is 2.37. The van der Waals surface area contributed by atoms with Crippen LogP contribution in [0.1, 0.15) is 53.6 Å². The van der Waals surface area contributed by atoms with Crippen molar-refractivity contribution < 1.29 is 14.3 Å². The molecule has 2 aromatic carbocycles. The molecule has 7 nitrogen and oxygen atoms in total. The summed E-state index contributed by atoms with van der Waals surface area (Å²) in [5.74, 6) is 0.862. The number of benzene rings is 2. The number of carbonyl (C=O) groups is 2. The Morgan fingerprint density at radius 2 is 1.89 bits per heavy atom. The Labute approximate surface area is 216 Å². The van der Waals surface area contributed by atoms with Crippen LogP contribution in [0.4, 0.5) is 11.4 Å². The van der Waals surface area contributed by atoms with Crippen LogP contribution in [-0.4, -0.2) is 50.0 Å². The average molecular weight is 544 g/mol. The Hall–Kier alpha value is -2.58. The lowest BCUT2D eigenvalue weighted by molar-refractivity contribution is -0.121. The minimum atomic E-state index is -0.0428. The summed E-state index contributed by atoms with van der Waals surface area (Å²) >= 11 is 3.68. The summed E-state index contributed by atoms with van der Waals surface area (Å²) < 4.78 is 6.34. The van der Waals surface area contributed by atoms with E-state index in [-0.39, 0.29) is 23.8 Å². The third kappa shape index (κ3) is 5.81. The van der Waals surface area contributed by atoms with E-state index in [0.29, 0.717) is 6.54 Å². The largest absolute Gasteiger partial charge is 0.496 e. The second kappa shape index (κ2) is 11.4. The Morgan fingerprint density at radius 1 is 1.11 bits per heavy atom. The molecular weight excluding hydrogens is 508 g/mol. The molecule has 0 atom stereocenters. The van der Waals surface area contributed by atoms with Crippen molar-refractivity contribution in [3.63, 3.8) is 0 Å². The summed E-state index contributed by atoms with van der Waals surface area (Å²) in [5.41, 5.74) is 4.60. The fourth-order valence-electron chi connectivity index (χ4n) is 5.07. The van der Waals surface area contributed by atoms with Gasteiger partial charge in [-0.05, 0) is 81.9 Å². The molecule has 1 aliphatic heterocycles. The molecule has 0 spiro atoms. The molecule has 1 saturated carbocycles. The molecule has 2 aromatic rings. The van der Waals surface area contributed by atoms with E-state index in [1.165, 1.54) is 0 Å². The summed E-state index contributed by atoms with van der Waals surface area (Å²) in [6.45, 7) is 4.40. The Bertz CT molecular complexity index is 1080. The van der Waals surface area contributed by atoms with E-state index in [1.54, 1.807) is 7.11 Å². The lowest BCUT2D eigenvalue weighted by Crippen LogP contribution is -2.40. The summed E-state index contributed by atoms with van der Waals surface area (Å²) in [7, 11) is 3.58. The zero-order chi connectivity index (χ0) is 24.9. The van der Waals surface area contributed by atoms with Gasteiger partial charge in [-0.25, -0.2) is 0 Å². The van der Waals surface area contributed by atoms with Gasteiger partial charge in [-0.1, -0.05) is 22.0 Å². The number of carbonyl (C=O) groups excluding carboxylic acids is 2. The maximum absolute atomic E-state index is 13.3. The van der Waals surface area contributed by atoms with E-state index in [9.17, 15) is 9.59 Å². The predicted octanol–water partition coefficient (Wildman–Crippen LogP) is 4.94. The molecule has 2 amide bonds. The quantitative estimate of drug-likeness (QED) is 0.391. The minimum absolute atomic E-state index is 0.0428. The van der Waals surface area contributed by atoms with Gasteiger partial charge in [0.05, 0.1) is 7.11 Å². The first-order chi connectivity index (χ1) is 16.9. The molecule has 0 saturated heterocycles. The van der Waals surface area contributed by atoms with Crippen molar-refractivity contribution in [3.05, 3.63) is 51.5 Å². The minimum Gasteiger partial charge on any atom is -0.496 e. The molecule has 1 aliphatic carbocycles. The van der Waals surface area contributed by atoms with Gasteiger partial charge in [-0.3, -0.25) is 9.59 Å². The molecule has 8 heteroatoms. The number of anilines is 2. The first-order valence-corrected chi connectivity index (χ1v) is 13.2. The first kappa shape index (κ1) is 25.5. The molecule has 1 heterocycles. The summed E-state index contributed by atoms with van der Waals surface area (Å²) in [6, 6.07) is 9.93. The number of halogens is 1. The van der Waals surface area contributed by atoms with Gasteiger partial charge < -0.3 is 25.6 Å². The van der Waals surface area contributed by atoms with Crippen LogP contribution in [0.5, 0.6) is 5.75 Å². The van der Waals surface area contributed by atoms with E-state index in [0.717, 1.165) is 83.5 Å². The zero-order valence-electron chi connectivity index (χ0n) is 20.7. The SMILES string of the molecule is CNCCCNc1cc(Br)c2c(c1)C(=O)N(C1CCC(C(=O)Nc3ccc(C)c(OC)c3)CC1)C2. The van der Waals surface area contributed by atoms with Gasteiger partial charge in [-0.15, -0.1) is 0 Å². The smallest absolute Gasteiger partial charge is 0.254 e. The van der Waals surface area contributed by atoms with Crippen LogP contribution >= 0.6 is 15.9 Å². The van der Waals surface area contributed by atoms with Gasteiger partial charge in [0.2, 0.25) is 5.91 Å². The number of nitrogens with zero attached hydrogens (tertiary/aromatic N) is 1. The Balaban J connectivity index is 1.33. The molecule has 35 heavy (non-hydrogen) atoms. The first-order valence-electron chi connectivity index (χ1n) is 12.4. The van der Waals surface area contributed by atoms with Crippen LogP contribution in [0.3, 0.4) is 0 Å². The average Bonchev–Trinajstić information content (AvgIpc) is 3.20. The van der Waals surface area contributed by atoms with Crippen LogP contribution < -0.4 is 20.7 Å². The maximum atomic E-state index is 13.3. The molecule has 2 aliphatic rings. The monoisotopic (exact) mass is 542 g/mol. The molecule has 4 rings (SSSR count). The number of hydrogen-bond acceptors (Lipinski definition) is 5. The fourth-order valence-corrected chi connectivity index (χ4v) is 5.66. The highest BCUT2D eigenvalue weighted by molar-refractivity contribution is 9.10. The van der Waals surface area contributed by atoms with E-state index in [2.05, 4.69) is 37.9 Å². The Kier molecular flexibility index (Phi) is 8.34. The molecule has 188 valence electrons. The van der Waals surface area contributed by atoms with Crippen molar-refractivity contribution in [2.75, 3.05) is 37.9 Å². The number of rotatable bonds is 9. The van der Waals surface area contributed by atoms with Gasteiger partial charge in [0.25, 0.3) is 5.91 Å². The lowest BCUT2D eigenvalue weighted by Gasteiger charge is -2.34. The topological polar surface area (TPSA) is 82.7 Å². The lowest BCUT2D eigenvalue weighted by atomic mass is 9.84. The normalized spacial score (nSPS) is 19.4. The summed E-state index contributed by atoms with van der Waals surface area (Å²) in [6.07, 6.45) is 4.24. The van der Waals surface area contributed by atoms with Crippen molar-refractivity contribution in [2.45, 2.75) is 51.6 Å². The highest BCUT2D eigenvalue weighted by Crippen LogP contribution is 2.37. The predicted molar refractivity (Wildman–Crippen MR) is 143 cm³/mol. The number of fused-ring (bicyclic) bond motifs is 1. The second-order valence-electron chi connectivity index (χ2n) is 9.48. The standard InChI is InChI=1S/C27H35BrN4O3/c1-17-5-8-19(15-25(17)35-3)31-26(33)18-6-9-21(10-7-18)32-16-23-22(27(32)34)13-20(14-24(23)28)30-12-4-11-29-2/h5,8,13-15,18,21,29-30H,4,6-7,9-12,16H2,1-3H3,(H,31,33). The van der Waals surface area contributed by atoms with Gasteiger partial charge >= 0.3 is 0 Å². The van der Waals surface area contributed by atoms with Gasteiger partial charge in [0.15, 0.2) is 0 Å². The van der Waals surface area contributed by atoms with E-state index >= 15 is 0 Å². The molecule has 3 N–H and O–H groups in total. The third-order valence-corrected chi connectivity index (χ3v) is 7.84. The molecule has 1 fully saturated rings. The van der Waals surface area contributed by atoms with Crippen molar-refractivity contribution in [3.8, 4) is 5.75 Å². The summed E-state index contributed by atoms with van der Waals surface area (Å²) in [4.78, 5) is 28.2. The van der Waals surface area contributed by atoms with Crippen LogP contribution in [0.25, 0.3) is 0 Å². The molecule has 0 radical (unpaired) electrons. The van der Waals surface area contributed by atoms with Crippen molar-refractivity contribution in [1.82, 2.24) is 10.2 Å². The second-order valence-corrected chi connectivity index (χ2v) is 10.3. The third-order valence-electron chi connectivity index (χ3n) is 7.13. The number of methoxy groups -OCH3 is 1. The van der Waals surface area contributed by atoms with Crippen LogP contribution in [0.2, 0.25) is 0 Å². The zero-order valence-corrected chi connectivity index (χ0v) is 22.3. The Morgan fingerprint density at radius 3 is 2.60 bits per heavy atom. The van der Waals surface area contributed by atoms with Gasteiger partial charge in [0, 0.05) is 52.5 Å². The number of nitrogens with one attached hydrogen (secondary N) is 3. The highest BCUT2D eigenvalue weighted by atomic mass is 79.9. The molecule has 0 bridgehead atoms. The molecule has 0 unspecified atom stereocenters. The van der Waals surface area contributed by atoms with Crippen molar-refractivity contribution >= 4 is 39.1 Å². The number of ether oxygens (including phenoxy) is 1. The van der Waals surface area contributed by atoms with Crippen molar-refractivity contribution in [1.29, 1.82) is 0 Å². The van der Waals surface area contributed by atoms with Crippen molar-refractivity contribution in [2.24, 2.45) is 5.92 Å². The number of amides is 2. The van der Waals surface area contributed by atoms with E-state index < -0.39 is 0 Å². The van der Waals surface area contributed by atoms with E-state index in [1.807, 2.05) is 43.1 Å². The molecule has 0 aromatic heterocycles. The van der Waals surface area contributed by atoms with Gasteiger partial charge in [-0.2, -0.15) is 0 Å². The summed E-state index contributed by atoms with van der Waals surface area (Å²) in [5, 5.41) is 9.61. The van der Waals surface area contributed by atoms with Crippen LogP contribution in [0, 0.1) is 12.8 Å². The number of hydrogen-bond donors (Lipinski definition) is 3. The van der Waals surface area contributed by atoms with Crippen LogP contribution in [0.15, 0.2) is 34.8 Å². The van der Waals surface area contributed by atoms with Gasteiger partial charge in [0.1, 0.15) is 5.75 Å². The van der Waals surface area contributed by atoms with Crippen LogP contribution in [-0.2, 0) is 11.3 Å². The number of aryl methyl sites for hydroxylation is 1. The fraction of sp³-hybridized carbons (Fsp3) is 0.481. The van der Waals surface area contributed by atoms with E-state index in [4.69, 9.17) is 4.74 Å². The molecular formula is C27H35BrN4O3. The maximum Gasteiger partial charge on any atom is 0.254 e.